The molecule has 12 heteroatoms. The first-order valence-electron chi connectivity index (χ1n) is 8.30. The second kappa shape index (κ2) is 8.40. The van der Waals surface area contributed by atoms with Gasteiger partial charge in [-0.05, 0) is 17.7 Å². The minimum atomic E-state index is -4.43. The molecule has 0 unspecified atom stereocenters. The molecule has 30 heavy (non-hydrogen) atoms. The van der Waals surface area contributed by atoms with Crippen LogP contribution < -0.4 is 16.6 Å². The van der Waals surface area contributed by atoms with Gasteiger partial charge in [0.15, 0.2) is 0 Å². The summed E-state index contributed by atoms with van der Waals surface area (Å²) in [7, 11) is 0. The largest absolute Gasteiger partial charge is 0.506 e. The molecule has 1 aromatic carbocycles. The minimum Gasteiger partial charge on any atom is -0.506 e. The van der Waals surface area contributed by atoms with Gasteiger partial charge in [-0.3, -0.25) is 14.4 Å². The third-order valence-corrected chi connectivity index (χ3v) is 6.46. The van der Waals surface area contributed by atoms with Crippen molar-refractivity contribution in [2.75, 3.05) is 5.75 Å². The van der Waals surface area contributed by atoms with Gasteiger partial charge in [-0.25, -0.2) is 0 Å². The molecule has 0 saturated heterocycles. The Kier molecular flexibility index (Phi) is 6.08. The lowest BCUT2D eigenvalue weighted by Crippen LogP contribution is -2.24. The quantitative estimate of drug-likeness (QED) is 0.424. The number of thioether (sulfide) groups is 1. The molecule has 5 N–H and O–H groups in total. The Bertz CT molecular complexity index is 1170. The monoisotopic (exact) mass is 457 g/mol. The van der Waals surface area contributed by atoms with E-state index in [-0.39, 0.29) is 33.8 Å². The number of halogens is 3. The predicted octanol–water partition coefficient (Wildman–Crippen LogP) is 2.82. The van der Waals surface area contributed by atoms with Crippen LogP contribution in [0.15, 0.2) is 39.3 Å². The van der Waals surface area contributed by atoms with Crippen LogP contribution in [0.1, 0.15) is 21.5 Å². The number of aromatic nitrogens is 1. The Hall–Kier alpha value is -2.99. The number of aromatic amines is 1. The maximum absolute atomic E-state index is 12.6. The van der Waals surface area contributed by atoms with Crippen molar-refractivity contribution < 1.29 is 27.9 Å². The molecule has 0 spiro atoms. The molecular formula is C18H14F3N3O4S2. The van der Waals surface area contributed by atoms with E-state index in [0.29, 0.717) is 9.77 Å². The summed E-state index contributed by atoms with van der Waals surface area (Å²) in [5, 5.41) is 12.5. The Morgan fingerprint density at radius 3 is 2.50 bits per heavy atom. The normalized spacial score (nSPS) is 11.6. The number of alkyl halides is 3. The average molecular weight is 457 g/mol. The summed E-state index contributed by atoms with van der Waals surface area (Å²) >= 11 is 1.99. The van der Waals surface area contributed by atoms with E-state index < -0.39 is 29.1 Å². The van der Waals surface area contributed by atoms with Crippen LogP contribution in [-0.2, 0) is 17.5 Å². The van der Waals surface area contributed by atoms with Crippen molar-refractivity contribution in [3.63, 3.8) is 0 Å². The number of benzene rings is 1. The van der Waals surface area contributed by atoms with Crippen LogP contribution in [-0.4, -0.2) is 27.7 Å². The van der Waals surface area contributed by atoms with Crippen molar-refractivity contribution in [1.82, 2.24) is 10.3 Å². The fraction of sp³-hybridized carbons (Fsp3) is 0.167. The second-order valence-corrected chi connectivity index (χ2v) is 8.38. The molecule has 7 nitrogen and oxygen atoms in total. The summed E-state index contributed by atoms with van der Waals surface area (Å²) in [5.41, 5.74) is 4.59. The first kappa shape index (κ1) is 21.7. The Balaban J connectivity index is 1.67. The maximum Gasteiger partial charge on any atom is 0.416 e. The van der Waals surface area contributed by atoms with Crippen molar-refractivity contribution in [1.29, 1.82) is 0 Å². The zero-order chi connectivity index (χ0) is 22.1. The first-order valence-corrected chi connectivity index (χ1v) is 10.1. The number of nitrogens with one attached hydrogen (secondary N) is 2. The molecule has 0 aliphatic heterocycles. The van der Waals surface area contributed by atoms with Gasteiger partial charge in [0.2, 0.25) is 5.91 Å². The van der Waals surface area contributed by atoms with E-state index in [1.54, 1.807) is 0 Å². The highest BCUT2D eigenvalue weighted by Crippen LogP contribution is 2.40. The van der Waals surface area contributed by atoms with Gasteiger partial charge in [0.1, 0.15) is 5.75 Å². The Labute approximate surface area is 175 Å². The fourth-order valence-corrected chi connectivity index (χ4v) is 4.86. The van der Waals surface area contributed by atoms with Gasteiger partial charge >= 0.3 is 6.18 Å². The molecule has 3 rings (SSSR count). The molecule has 0 fully saturated rings. The fourth-order valence-electron chi connectivity index (χ4n) is 2.58. The number of H-pyrrole nitrogens is 1. The summed E-state index contributed by atoms with van der Waals surface area (Å²) < 4.78 is 38.3. The molecule has 158 valence electrons. The highest BCUT2D eigenvalue weighted by Gasteiger charge is 2.29. The molecule has 0 aliphatic rings. The smallest absolute Gasteiger partial charge is 0.416 e. The summed E-state index contributed by atoms with van der Waals surface area (Å²) in [5.74, 6) is -1.67. The molecule has 0 atom stereocenters. The van der Waals surface area contributed by atoms with E-state index in [9.17, 15) is 32.7 Å². The van der Waals surface area contributed by atoms with Crippen molar-refractivity contribution in [2.45, 2.75) is 16.9 Å². The number of hydrogen-bond acceptors (Lipinski definition) is 6. The number of carbonyl (C=O) groups excluding carboxylic acids is 2. The minimum absolute atomic E-state index is 0.00328. The van der Waals surface area contributed by atoms with Gasteiger partial charge in [0.05, 0.1) is 31.3 Å². The summed E-state index contributed by atoms with van der Waals surface area (Å²) in [4.78, 5) is 37.9. The SMILES string of the molecule is NC(=O)c1c(SCC(=O)NCc2ccc(C(F)(F)F)cc2)sc2c(O)cc(=O)[nH]c12. The number of thiophene rings is 1. The van der Waals surface area contributed by atoms with Crippen LogP contribution in [0.5, 0.6) is 5.75 Å². The van der Waals surface area contributed by atoms with Gasteiger partial charge in [-0.15, -0.1) is 23.1 Å². The number of pyridine rings is 1. The molecular weight excluding hydrogens is 443 g/mol. The lowest BCUT2D eigenvalue weighted by molar-refractivity contribution is -0.137. The molecule has 0 bridgehead atoms. The van der Waals surface area contributed by atoms with Gasteiger partial charge in [-0.2, -0.15) is 13.2 Å². The van der Waals surface area contributed by atoms with E-state index in [2.05, 4.69) is 10.3 Å². The van der Waals surface area contributed by atoms with Gasteiger partial charge < -0.3 is 21.1 Å². The van der Waals surface area contributed by atoms with Crippen molar-refractivity contribution in [2.24, 2.45) is 5.73 Å². The highest BCUT2D eigenvalue weighted by atomic mass is 32.2. The second-order valence-electron chi connectivity index (χ2n) is 6.11. The standard InChI is InChI=1S/C18H14F3N3O4S2/c19-18(20,21)9-3-1-8(2-4-9)6-23-12(27)7-29-17-13(16(22)28)14-15(30-17)10(25)5-11(26)24-14/h1-5H,6-7H2,(H2,22,28)(H,23,27)(H2,24,25,26). The van der Waals surface area contributed by atoms with Crippen molar-refractivity contribution in [3.8, 4) is 5.75 Å². The topological polar surface area (TPSA) is 125 Å². The number of amides is 2. The van der Waals surface area contributed by atoms with E-state index in [1.807, 2.05) is 0 Å². The number of primary amides is 1. The molecule has 3 aromatic rings. The molecule has 0 radical (unpaired) electrons. The summed E-state index contributed by atoms with van der Waals surface area (Å²) in [6.07, 6.45) is -4.43. The number of carbonyl (C=O) groups is 2. The van der Waals surface area contributed by atoms with Gasteiger partial charge in [0.25, 0.3) is 11.5 Å². The van der Waals surface area contributed by atoms with Crippen LogP contribution in [0.4, 0.5) is 13.2 Å². The van der Waals surface area contributed by atoms with Crippen LogP contribution in [0, 0.1) is 0 Å². The Morgan fingerprint density at radius 2 is 1.90 bits per heavy atom. The lowest BCUT2D eigenvalue weighted by atomic mass is 10.1. The molecule has 2 amide bonds. The van der Waals surface area contributed by atoms with Crippen LogP contribution in [0.25, 0.3) is 10.2 Å². The van der Waals surface area contributed by atoms with E-state index in [4.69, 9.17) is 5.73 Å². The first-order chi connectivity index (χ1) is 14.1. The van der Waals surface area contributed by atoms with Crippen LogP contribution >= 0.6 is 23.1 Å². The zero-order valence-electron chi connectivity index (χ0n) is 15.0. The number of hydrogen-bond donors (Lipinski definition) is 4. The molecule has 0 saturated carbocycles. The van der Waals surface area contributed by atoms with Crippen molar-refractivity contribution >= 4 is 45.1 Å². The van der Waals surface area contributed by atoms with Crippen LogP contribution in [0.2, 0.25) is 0 Å². The third-order valence-electron chi connectivity index (χ3n) is 3.98. The van der Waals surface area contributed by atoms with E-state index >= 15 is 0 Å². The summed E-state index contributed by atoms with van der Waals surface area (Å²) in [6, 6.07) is 5.37. The average Bonchev–Trinajstić information content (AvgIpc) is 3.03. The molecule has 2 heterocycles. The zero-order valence-corrected chi connectivity index (χ0v) is 16.6. The van der Waals surface area contributed by atoms with Gasteiger partial charge in [-0.1, -0.05) is 12.1 Å². The number of nitrogens with two attached hydrogens (primary N) is 1. The van der Waals surface area contributed by atoms with Crippen molar-refractivity contribution in [3.05, 3.63) is 57.4 Å². The number of rotatable bonds is 6. The Morgan fingerprint density at radius 1 is 1.23 bits per heavy atom. The molecule has 0 aliphatic carbocycles. The number of fused-ring (bicyclic) bond motifs is 1. The third kappa shape index (κ3) is 4.76. The summed E-state index contributed by atoms with van der Waals surface area (Å²) in [6.45, 7) is 0.0285. The predicted molar refractivity (Wildman–Crippen MR) is 107 cm³/mol. The molecule has 2 aromatic heterocycles. The number of aromatic hydroxyl groups is 1. The van der Waals surface area contributed by atoms with Crippen LogP contribution in [0.3, 0.4) is 0 Å². The maximum atomic E-state index is 12.6. The van der Waals surface area contributed by atoms with Gasteiger partial charge in [0, 0.05) is 12.6 Å². The van der Waals surface area contributed by atoms with E-state index in [1.165, 1.54) is 12.1 Å². The van der Waals surface area contributed by atoms with E-state index in [0.717, 1.165) is 41.3 Å². The highest BCUT2D eigenvalue weighted by molar-refractivity contribution is 8.02. The lowest BCUT2D eigenvalue weighted by Gasteiger charge is -2.08.